The zero-order valence-corrected chi connectivity index (χ0v) is 11.7. The maximum atomic E-state index is 12.6. The third-order valence-electron chi connectivity index (χ3n) is 3.22. The SMILES string of the molecule is CC(N)CCCC(C)C(=O)c1cccc(C(F)(F)F)c1. The third-order valence-corrected chi connectivity index (χ3v) is 3.22. The highest BCUT2D eigenvalue weighted by Gasteiger charge is 2.31. The van der Waals surface area contributed by atoms with Gasteiger partial charge < -0.3 is 5.73 Å². The van der Waals surface area contributed by atoms with Gasteiger partial charge in [-0.2, -0.15) is 13.2 Å². The van der Waals surface area contributed by atoms with Crippen molar-refractivity contribution in [1.29, 1.82) is 0 Å². The van der Waals surface area contributed by atoms with Crippen LogP contribution in [0.25, 0.3) is 0 Å². The molecule has 112 valence electrons. The Bertz CT molecular complexity index is 455. The first-order valence-corrected chi connectivity index (χ1v) is 6.69. The van der Waals surface area contributed by atoms with Gasteiger partial charge in [0, 0.05) is 17.5 Å². The number of alkyl halides is 3. The van der Waals surface area contributed by atoms with Crippen LogP contribution in [-0.2, 0) is 6.18 Å². The summed E-state index contributed by atoms with van der Waals surface area (Å²) in [6, 6.07) is 4.66. The molecule has 0 heterocycles. The first-order chi connectivity index (χ1) is 9.21. The van der Waals surface area contributed by atoms with Crippen LogP contribution < -0.4 is 5.73 Å². The lowest BCUT2D eigenvalue weighted by atomic mass is 9.93. The van der Waals surface area contributed by atoms with Crippen LogP contribution in [-0.4, -0.2) is 11.8 Å². The second kappa shape index (κ2) is 6.88. The summed E-state index contributed by atoms with van der Waals surface area (Å²) >= 11 is 0. The predicted octanol–water partition coefficient (Wildman–Crippen LogP) is 4.04. The van der Waals surface area contributed by atoms with Gasteiger partial charge in [0.05, 0.1) is 5.56 Å². The average Bonchev–Trinajstić information content (AvgIpc) is 2.36. The number of hydrogen-bond acceptors (Lipinski definition) is 2. The monoisotopic (exact) mass is 287 g/mol. The topological polar surface area (TPSA) is 43.1 Å². The Kier molecular flexibility index (Phi) is 5.74. The van der Waals surface area contributed by atoms with Gasteiger partial charge >= 0.3 is 6.18 Å². The van der Waals surface area contributed by atoms with Gasteiger partial charge in [-0.15, -0.1) is 0 Å². The molecule has 0 amide bonds. The molecule has 0 aliphatic rings. The maximum Gasteiger partial charge on any atom is 0.416 e. The molecule has 2 N–H and O–H groups in total. The largest absolute Gasteiger partial charge is 0.416 e. The van der Waals surface area contributed by atoms with Crippen LogP contribution in [0.15, 0.2) is 24.3 Å². The summed E-state index contributed by atoms with van der Waals surface area (Å²) < 4.78 is 37.8. The highest BCUT2D eigenvalue weighted by molar-refractivity contribution is 5.97. The van der Waals surface area contributed by atoms with E-state index in [9.17, 15) is 18.0 Å². The first kappa shape index (κ1) is 16.7. The van der Waals surface area contributed by atoms with Gasteiger partial charge in [0.25, 0.3) is 0 Å². The van der Waals surface area contributed by atoms with Gasteiger partial charge in [0.15, 0.2) is 5.78 Å². The zero-order valence-electron chi connectivity index (χ0n) is 11.7. The van der Waals surface area contributed by atoms with Gasteiger partial charge in [-0.1, -0.05) is 25.5 Å². The molecule has 5 heteroatoms. The van der Waals surface area contributed by atoms with Gasteiger partial charge in [0.2, 0.25) is 0 Å². The van der Waals surface area contributed by atoms with Crippen LogP contribution in [0.3, 0.4) is 0 Å². The van der Waals surface area contributed by atoms with E-state index in [1.54, 1.807) is 6.92 Å². The molecular weight excluding hydrogens is 267 g/mol. The normalized spacial score (nSPS) is 14.9. The van der Waals surface area contributed by atoms with E-state index in [1.165, 1.54) is 12.1 Å². The lowest BCUT2D eigenvalue weighted by Crippen LogP contribution is -2.17. The quantitative estimate of drug-likeness (QED) is 0.802. The van der Waals surface area contributed by atoms with Crippen LogP contribution >= 0.6 is 0 Å². The van der Waals surface area contributed by atoms with E-state index in [1.807, 2.05) is 6.92 Å². The van der Waals surface area contributed by atoms with E-state index in [-0.39, 0.29) is 23.3 Å². The first-order valence-electron chi connectivity index (χ1n) is 6.69. The number of carbonyl (C=O) groups excluding carboxylic acids is 1. The minimum Gasteiger partial charge on any atom is -0.328 e. The minimum absolute atomic E-state index is 0.0749. The summed E-state index contributed by atoms with van der Waals surface area (Å²) in [5, 5.41) is 0. The molecule has 0 aromatic heterocycles. The lowest BCUT2D eigenvalue weighted by molar-refractivity contribution is -0.137. The Labute approximate surface area is 117 Å². The second-order valence-corrected chi connectivity index (χ2v) is 5.25. The third kappa shape index (κ3) is 4.96. The van der Waals surface area contributed by atoms with Crippen LogP contribution in [0.2, 0.25) is 0 Å². The Hall–Kier alpha value is -1.36. The fourth-order valence-corrected chi connectivity index (χ4v) is 2.01. The Balaban J connectivity index is 2.72. The smallest absolute Gasteiger partial charge is 0.328 e. The molecule has 0 aliphatic carbocycles. The van der Waals surface area contributed by atoms with E-state index >= 15 is 0 Å². The molecule has 0 fully saturated rings. The minimum atomic E-state index is -4.42. The molecule has 0 aliphatic heterocycles. The summed E-state index contributed by atoms with van der Waals surface area (Å²) in [7, 11) is 0. The Morgan fingerprint density at radius 1 is 1.25 bits per heavy atom. The number of benzene rings is 1. The zero-order chi connectivity index (χ0) is 15.3. The number of nitrogens with two attached hydrogens (primary N) is 1. The fourth-order valence-electron chi connectivity index (χ4n) is 2.01. The van der Waals surface area contributed by atoms with Gasteiger partial charge in [-0.05, 0) is 31.9 Å². The van der Waals surface area contributed by atoms with Crippen LogP contribution in [0, 0.1) is 5.92 Å². The van der Waals surface area contributed by atoms with Gasteiger partial charge in [-0.25, -0.2) is 0 Å². The molecule has 0 bridgehead atoms. The molecule has 2 unspecified atom stereocenters. The van der Waals surface area contributed by atoms with Gasteiger partial charge in [0.1, 0.15) is 0 Å². The molecule has 0 radical (unpaired) electrons. The molecule has 20 heavy (non-hydrogen) atoms. The van der Waals surface area contributed by atoms with Crippen LogP contribution in [0.4, 0.5) is 13.2 Å². The van der Waals surface area contributed by atoms with E-state index in [2.05, 4.69) is 0 Å². The Morgan fingerprint density at radius 3 is 2.45 bits per heavy atom. The highest BCUT2D eigenvalue weighted by atomic mass is 19.4. The second-order valence-electron chi connectivity index (χ2n) is 5.25. The molecule has 1 aromatic carbocycles. The van der Waals surface area contributed by atoms with E-state index in [0.717, 1.165) is 25.0 Å². The van der Waals surface area contributed by atoms with Crippen molar-refractivity contribution in [3.05, 3.63) is 35.4 Å². The summed E-state index contributed by atoms with van der Waals surface area (Å²) in [6.45, 7) is 3.63. The van der Waals surface area contributed by atoms with Crippen LogP contribution in [0.1, 0.15) is 49.0 Å². The van der Waals surface area contributed by atoms with Crippen molar-refractivity contribution in [1.82, 2.24) is 0 Å². The van der Waals surface area contributed by atoms with Crippen molar-refractivity contribution in [3.63, 3.8) is 0 Å². The number of ketones is 1. The van der Waals surface area contributed by atoms with Crippen molar-refractivity contribution in [2.75, 3.05) is 0 Å². The van der Waals surface area contributed by atoms with E-state index in [4.69, 9.17) is 5.73 Å². The van der Waals surface area contributed by atoms with Crippen molar-refractivity contribution >= 4 is 5.78 Å². The van der Waals surface area contributed by atoms with Gasteiger partial charge in [-0.3, -0.25) is 4.79 Å². The van der Waals surface area contributed by atoms with Crippen molar-refractivity contribution in [2.24, 2.45) is 11.7 Å². The van der Waals surface area contributed by atoms with Crippen molar-refractivity contribution in [2.45, 2.75) is 45.3 Å². The molecule has 2 nitrogen and oxygen atoms in total. The molecule has 2 atom stereocenters. The molecule has 1 rings (SSSR count). The molecule has 0 spiro atoms. The molecule has 0 saturated carbocycles. The number of carbonyl (C=O) groups is 1. The fraction of sp³-hybridized carbons (Fsp3) is 0.533. The van der Waals surface area contributed by atoms with Crippen molar-refractivity contribution < 1.29 is 18.0 Å². The van der Waals surface area contributed by atoms with E-state index < -0.39 is 11.7 Å². The summed E-state index contributed by atoms with van der Waals surface area (Å²) in [6.07, 6.45) is -2.19. The number of hydrogen-bond donors (Lipinski definition) is 1. The summed E-state index contributed by atoms with van der Waals surface area (Å²) in [5.41, 5.74) is 4.96. The van der Waals surface area contributed by atoms with Crippen LogP contribution in [0.5, 0.6) is 0 Å². The summed E-state index contributed by atoms with van der Waals surface area (Å²) in [4.78, 5) is 12.1. The predicted molar refractivity (Wildman–Crippen MR) is 72.4 cm³/mol. The number of halogens is 3. The number of Topliss-reactive ketones (excluding diaryl/α,β-unsaturated/α-hetero) is 1. The Morgan fingerprint density at radius 2 is 1.90 bits per heavy atom. The average molecular weight is 287 g/mol. The van der Waals surface area contributed by atoms with Crippen molar-refractivity contribution in [3.8, 4) is 0 Å². The lowest BCUT2D eigenvalue weighted by Gasteiger charge is -2.13. The number of rotatable bonds is 6. The maximum absolute atomic E-state index is 12.6. The molecule has 1 aromatic rings. The van der Waals surface area contributed by atoms with E-state index in [0.29, 0.717) is 6.42 Å². The molecular formula is C15H20F3NO. The molecule has 0 saturated heterocycles. The summed E-state index contributed by atoms with van der Waals surface area (Å²) in [5.74, 6) is -0.544. The highest BCUT2D eigenvalue weighted by Crippen LogP contribution is 2.30. The standard InChI is InChI=1S/C15H20F3NO/c1-10(5-3-6-11(2)19)14(20)12-7-4-8-13(9-12)15(16,17)18/h4,7-11H,3,5-6,19H2,1-2H3.